The Morgan fingerprint density at radius 1 is 0.333 bits per heavy atom. The lowest BCUT2D eigenvalue weighted by atomic mass is 9.98. The summed E-state index contributed by atoms with van der Waals surface area (Å²) in [6.45, 7) is 0. The van der Waals surface area contributed by atoms with Crippen LogP contribution in [0.25, 0.3) is 90.0 Å². The van der Waals surface area contributed by atoms with E-state index >= 15 is 0 Å². The summed E-state index contributed by atoms with van der Waals surface area (Å²) < 4.78 is 16.6. The molecule has 48 heavy (non-hydrogen) atoms. The second kappa shape index (κ2) is 10.4. The van der Waals surface area contributed by atoms with E-state index in [4.69, 9.17) is 18.8 Å². The molecule has 10 aromatic rings. The third kappa shape index (κ3) is 4.06. The van der Waals surface area contributed by atoms with Gasteiger partial charge in [0.25, 0.3) is 0 Å². The van der Waals surface area contributed by atoms with Crippen LogP contribution in [0.3, 0.4) is 0 Å². The number of rotatable bonds is 5. The molecule has 0 aliphatic rings. The van der Waals surface area contributed by atoms with Gasteiger partial charge in [0.15, 0.2) is 11.2 Å². The van der Waals surface area contributed by atoms with Gasteiger partial charge in [-0.2, -0.15) is 9.97 Å². The topological polar surface area (TPSA) is 60.9 Å². The number of fused-ring (bicyclic) bond motifs is 6. The molecule has 0 unspecified atom stereocenters. The minimum absolute atomic E-state index is 0.582. The molecule has 0 bridgehead atoms. The standard InChI is InChI=1S/C42H26N4O2/c1-3-11-29(12-4-1)37-39(45-33-15-7-9-17-35(33)47-41(45)43-37)31-23-19-27(20-24-31)28-21-25-32(26-22-28)40-38(30-13-5-2-6-14-30)44-42-46(40)34-16-8-10-18-36(34)48-42/h1-26H. The van der Waals surface area contributed by atoms with Gasteiger partial charge in [-0.15, -0.1) is 0 Å². The van der Waals surface area contributed by atoms with Gasteiger partial charge in [-0.05, 0) is 35.4 Å². The maximum absolute atomic E-state index is 6.17. The first-order valence-electron chi connectivity index (χ1n) is 15.9. The average Bonchev–Trinajstić information content (AvgIpc) is 3.90. The van der Waals surface area contributed by atoms with Crippen molar-refractivity contribution in [1.29, 1.82) is 0 Å². The van der Waals surface area contributed by atoms with Crippen LogP contribution in [0, 0.1) is 0 Å². The van der Waals surface area contributed by atoms with Crippen molar-refractivity contribution in [2.24, 2.45) is 0 Å². The Hall–Kier alpha value is -6.66. The lowest BCUT2D eigenvalue weighted by Crippen LogP contribution is -1.90. The van der Waals surface area contributed by atoms with Crippen molar-refractivity contribution in [3.63, 3.8) is 0 Å². The van der Waals surface area contributed by atoms with Gasteiger partial charge in [-0.3, -0.25) is 8.80 Å². The molecular weight excluding hydrogens is 592 g/mol. The summed E-state index contributed by atoms with van der Waals surface area (Å²) in [6.07, 6.45) is 0. The maximum atomic E-state index is 6.17. The molecular formula is C42H26N4O2. The summed E-state index contributed by atoms with van der Waals surface area (Å²) >= 11 is 0. The molecule has 4 aromatic heterocycles. The number of oxazole rings is 2. The van der Waals surface area contributed by atoms with E-state index < -0.39 is 0 Å². The molecule has 0 spiro atoms. The van der Waals surface area contributed by atoms with E-state index in [-0.39, 0.29) is 0 Å². The summed E-state index contributed by atoms with van der Waals surface area (Å²) in [7, 11) is 0. The molecule has 0 atom stereocenters. The number of para-hydroxylation sites is 4. The molecule has 0 N–H and O–H groups in total. The zero-order chi connectivity index (χ0) is 31.6. The molecule has 4 heterocycles. The van der Waals surface area contributed by atoms with E-state index in [0.29, 0.717) is 11.7 Å². The Morgan fingerprint density at radius 3 is 1.10 bits per heavy atom. The predicted molar refractivity (Wildman–Crippen MR) is 191 cm³/mol. The quantitative estimate of drug-likeness (QED) is 0.193. The Balaban J connectivity index is 1.07. The lowest BCUT2D eigenvalue weighted by molar-refractivity contribution is 0.641. The molecule has 0 amide bonds. The van der Waals surface area contributed by atoms with E-state index in [1.165, 1.54) is 0 Å². The SMILES string of the molecule is c1ccc(-c2nc3oc4ccccc4n3c2-c2ccc(-c3ccc(-c4c(-c5ccccc5)nc5oc6ccccc6n45)cc3)cc2)cc1. The highest BCUT2D eigenvalue weighted by Crippen LogP contribution is 2.39. The van der Waals surface area contributed by atoms with Gasteiger partial charge in [-0.1, -0.05) is 133 Å². The number of imidazole rings is 2. The fourth-order valence-electron chi connectivity index (χ4n) is 6.80. The molecule has 0 aliphatic carbocycles. The first-order valence-corrected chi connectivity index (χ1v) is 15.9. The van der Waals surface area contributed by atoms with Crippen molar-refractivity contribution in [1.82, 2.24) is 18.8 Å². The minimum Gasteiger partial charge on any atom is -0.423 e. The molecule has 0 fully saturated rings. The van der Waals surface area contributed by atoms with Crippen molar-refractivity contribution in [3.8, 4) is 56.2 Å². The van der Waals surface area contributed by atoms with Gasteiger partial charge in [0.1, 0.15) is 11.4 Å². The summed E-state index contributed by atoms with van der Waals surface area (Å²) in [6, 6.07) is 54.1. The van der Waals surface area contributed by atoms with Crippen LogP contribution >= 0.6 is 0 Å². The van der Waals surface area contributed by atoms with E-state index in [1.54, 1.807) is 0 Å². The van der Waals surface area contributed by atoms with Crippen LogP contribution in [0.15, 0.2) is 167 Å². The first kappa shape index (κ1) is 26.5. The van der Waals surface area contributed by atoms with Crippen molar-refractivity contribution < 1.29 is 8.83 Å². The molecule has 226 valence electrons. The van der Waals surface area contributed by atoms with E-state index in [1.807, 2.05) is 72.8 Å². The Bertz CT molecular complexity index is 2560. The highest BCUT2D eigenvalue weighted by Gasteiger charge is 2.22. The largest absolute Gasteiger partial charge is 0.423 e. The third-order valence-electron chi connectivity index (χ3n) is 9.05. The van der Waals surface area contributed by atoms with Crippen molar-refractivity contribution in [3.05, 3.63) is 158 Å². The number of nitrogens with zero attached hydrogens (tertiary/aromatic N) is 4. The van der Waals surface area contributed by atoms with Gasteiger partial charge in [-0.25, -0.2) is 0 Å². The van der Waals surface area contributed by atoms with Crippen LogP contribution in [0.5, 0.6) is 0 Å². The number of hydrogen-bond donors (Lipinski definition) is 0. The third-order valence-corrected chi connectivity index (χ3v) is 9.05. The Morgan fingerprint density at radius 2 is 0.688 bits per heavy atom. The fraction of sp³-hybridized carbons (Fsp3) is 0. The molecule has 0 saturated heterocycles. The summed E-state index contributed by atoms with van der Waals surface area (Å²) in [4.78, 5) is 9.92. The molecule has 10 rings (SSSR count). The zero-order valence-corrected chi connectivity index (χ0v) is 25.6. The highest BCUT2D eigenvalue weighted by molar-refractivity contribution is 5.90. The van der Waals surface area contributed by atoms with Crippen molar-refractivity contribution >= 4 is 33.9 Å². The van der Waals surface area contributed by atoms with E-state index in [0.717, 1.165) is 78.4 Å². The van der Waals surface area contributed by atoms with Gasteiger partial charge < -0.3 is 8.83 Å². The average molecular weight is 619 g/mol. The zero-order valence-electron chi connectivity index (χ0n) is 25.6. The fourth-order valence-corrected chi connectivity index (χ4v) is 6.80. The Labute approximate surface area is 274 Å². The van der Waals surface area contributed by atoms with Crippen molar-refractivity contribution in [2.45, 2.75) is 0 Å². The predicted octanol–water partition coefficient (Wildman–Crippen LogP) is 10.8. The van der Waals surface area contributed by atoms with Gasteiger partial charge in [0.2, 0.25) is 0 Å². The molecule has 6 heteroatoms. The van der Waals surface area contributed by atoms with Crippen LogP contribution in [0.2, 0.25) is 0 Å². The van der Waals surface area contributed by atoms with Crippen LogP contribution < -0.4 is 0 Å². The van der Waals surface area contributed by atoms with Gasteiger partial charge >= 0.3 is 11.7 Å². The van der Waals surface area contributed by atoms with Gasteiger partial charge in [0, 0.05) is 22.3 Å². The van der Waals surface area contributed by atoms with Crippen LogP contribution in [0.4, 0.5) is 0 Å². The van der Waals surface area contributed by atoms with Gasteiger partial charge in [0.05, 0.1) is 22.4 Å². The summed E-state index contributed by atoms with van der Waals surface area (Å²) in [5, 5.41) is 0. The Kier molecular flexibility index (Phi) is 5.77. The molecule has 6 nitrogen and oxygen atoms in total. The van der Waals surface area contributed by atoms with Crippen LogP contribution in [0.1, 0.15) is 0 Å². The number of aromatic nitrogens is 4. The monoisotopic (exact) mass is 618 g/mol. The maximum Gasteiger partial charge on any atom is 0.307 e. The first-order chi connectivity index (χ1) is 23.8. The summed E-state index contributed by atoms with van der Waals surface area (Å²) in [5.41, 5.74) is 13.9. The number of hydrogen-bond acceptors (Lipinski definition) is 4. The molecule has 0 aliphatic heterocycles. The molecule has 0 radical (unpaired) electrons. The smallest absolute Gasteiger partial charge is 0.307 e. The second-order valence-corrected chi connectivity index (χ2v) is 11.9. The number of benzene rings is 6. The van der Waals surface area contributed by atoms with Crippen LogP contribution in [-0.4, -0.2) is 18.8 Å². The van der Waals surface area contributed by atoms with E-state index in [2.05, 4.69) is 93.7 Å². The normalized spacial score (nSPS) is 11.8. The minimum atomic E-state index is 0.582. The van der Waals surface area contributed by atoms with Crippen molar-refractivity contribution in [2.75, 3.05) is 0 Å². The van der Waals surface area contributed by atoms with Crippen LogP contribution in [-0.2, 0) is 0 Å². The summed E-state index contributed by atoms with van der Waals surface area (Å²) in [5.74, 6) is 1.16. The lowest BCUT2D eigenvalue weighted by Gasteiger charge is -2.09. The molecule has 0 saturated carbocycles. The molecule has 6 aromatic carbocycles. The van der Waals surface area contributed by atoms with E-state index in [9.17, 15) is 0 Å². The second-order valence-electron chi connectivity index (χ2n) is 11.9. The highest BCUT2D eigenvalue weighted by atomic mass is 16.4.